The van der Waals surface area contributed by atoms with Crippen molar-refractivity contribution in [1.29, 1.82) is 0 Å². The Hall–Kier alpha value is -2.61. The van der Waals surface area contributed by atoms with Crippen LogP contribution in [0.4, 0.5) is 17.2 Å². The van der Waals surface area contributed by atoms with Crippen molar-refractivity contribution in [3.8, 4) is 0 Å². The first-order valence-corrected chi connectivity index (χ1v) is 10.6. The van der Waals surface area contributed by atoms with Crippen LogP contribution in [0.15, 0.2) is 41.4 Å². The topological polar surface area (TPSA) is 91.4 Å². The van der Waals surface area contributed by atoms with E-state index in [2.05, 4.69) is 26.8 Å². The average molecular weight is 386 g/mol. The summed E-state index contributed by atoms with van der Waals surface area (Å²) in [7, 11) is -3.76. The molecule has 1 saturated heterocycles. The average Bonchev–Trinajstić information content (AvgIpc) is 3.01. The van der Waals surface area contributed by atoms with Gasteiger partial charge >= 0.3 is 0 Å². The van der Waals surface area contributed by atoms with Crippen LogP contribution >= 0.6 is 0 Å². The number of pyridine rings is 1. The maximum atomic E-state index is 12.6. The fourth-order valence-corrected chi connectivity index (χ4v) is 4.69. The van der Waals surface area contributed by atoms with Gasteiger partial charge in [0.25, 0.3) is 10.0 Å². The summed E-state index contributed by atoms with van der Waals surface area (Å²) in [6, 6.07) is 8.21. The number of aromatic nitrogens is 1. The van der Waals surface area contributed by atoms with Gasteiger partial charge in [0.1, 0.15) is 5.82 Å². The number of hydrogen-bond donors (Lipinski definition) is 2. The van der Waals surface area contributed by atoms with Gasteiger partial charge in [0.2, 0.25) is 5.91 Å². The van der Waals surface area contributed by atoms with Crippen LogP contribution in [0.5, 0.6) is 0 Å². The van der Waals surface area contributed by atoms with E-state index in [9.17, 15) is 13.2 Å². The second-order valence-corrected chi connectivity index (χ2v) is 8.93. The molecule has 1 aromatic carbocycles. The number of anilines is 3. The second-order valence-electron chi connectivity index (χ2n) is 7.24. The quantitative estimate of drug-likeness (QED) is 0.843. The Morgan fingerprint density at radius 2 is 2.11 bits per heavy atom. The lowest BCUT2D eigenvalue weighted by Gasteiger charge is -2.32. The number of benzene rings is 1. The fraction of sp³-hybridized carbons (Fsp3) is 0.368. The Kier molecular flexibility index (Phi) is 4.51. The van der Waals surface area contributed by atoms with Crippen molar-refractivity contribution >= 4 is 33.1 Å². The highest BCUT2D eigenvalue weighted by Crippen LogP contribution is 2.27. The fourth-order valence-electron chi connectivity index (χ4n) is 3.63. The molecule has 1 unspecified atom stereocenters. The Morgan fingerprint density at radius 3 is 2.85 bits per heavy atom. The maximum absolute atomic E-state index is 12.6. The van der Waals surface area contributed by atoms with E-state index in [1.54, 1.807) is 18.3 Å². The molecule has 1 amide bonds. The molecule has 1 atom stereocenters. The Balaban J connectivity index is 1.50. The summed E-state index contributed by atoms with van der Waals surface area (Å²) in [5.74, 6) is 0.799. The Labute approximate surface area is 158 Å². The number of hydrogen-bond acceptors (Lipinski definition) is 5. The van der Waals surface area contributed by atoms with E-state index in [4.69, 9.17) is 0 Å². The molecule has 0 spiro atoms. The summed E-state index contributed by atoms with van der Waals surface area (Å²) in [5, 5.41) is 2.70. The molecule has 1 aromatic heterocycles. The predicted octanol–water partition coefficient (Wildman–Crippen LogP) is 2.61. The minimum atomic E-state index is -3.76. The van der Waals surface area contributed by atoms with Gasteiger partial charge in [-0.05, 0) is 54.7 Å². The molecule has 0 saturated carbocycles. The molecule has 1 fully saturated rings. The number of fused-ring (bicyclic) bond motifs is 1. The number of amides is 1. The largest absolute Gasteiger partial charge is 0.370 e. The van der Waals surface area contributed by atoms with Crippen LogP contribution in [0, 0.1) is 5.92 Å². The van der Waals surface area contributed by atoms with E-state index in [0.717, 1.165) is 25.2 Å². The van der Waals surface area contributed by atoms with Crippen LogP contribution in [0.1, 0.15) is 25.3 Å². The summed E-state index contributed by atoms with van der Waals surface area (Å²) in [6.07, 6.45) is 4.30. The number of carbonyl (C=O) groups is 1. The van der Waals surface area contributed by atoms with Gasteiger partial charge in [0, 0.05) is 18.8 Å². The molecule has 7 nitrogen and oxygen atoms in total. The van der Waals surface area contributed by atoms with Crippen LogP contribution in [0.25, 0.3) is 0 Å². The van der Waals surface area contributed by atoms with Gasteiger partial charge < -0.3 is 10.2 Å². The third-order valence-electron chi connectivity index (χ3n) is 5.02. The van der Waals surface area contributed by atoms with Crippen LogP contribution in [0.2, 0.25) is 0 Å². The zero-order chi connectivity index (χ0) is 19.0. The lowest BCUT2D eigenvalue weighted by Crippen LogP contribution is -2.34. The summed E-state index contributed by atoms with van der Waals surface area (Å²) in [4.78, 5) is 18.1. The normalized spacial score (nSPS) is 19.5. The van der Waals surface area contributed by atoms with E-state index < -0.39 is 10.0 Å². The summed E-state index contributed by atoms with van der Waals surface area (Å²) < 4.78 is 27.8. The number of nitrogens with zero attached hydrogens (tertiary/aromatic N) is 2. The van der Waals surface area contributed by atoms with Crippen molar-refractivity contribution in [2.24, 2.45) is 5.92 Å². The van der Waals surface area contributed by atoms with Gasteiger partial charge in [0.05, 0.1) is 23.2 Å². The Morgan fingerprint density at radius 1 is 1.26 bits per heavy atom. The van der Waals surface area contributed by atoms with Crippen LogP contribution in [0.3, 0.4) is 0 Å². The van der Waals surface area contributed by atoms with Gasteiger partial charge in [-0.1, -0.05) is 6.92 Å². The van der Waals surface area contributed by atoms with Crippen LogP contribution < -0.4 is 14.9 Å². The van der Waals surface area contributed by atoms with Crippen molar-refractivity contribution in [2.45, 2.75) is 31.1 Å². The van der Waals surface area contributed by atoms with E-state index in [1.807, 2.05) is 6.07 Å². The molecule has 3 heterocycles. The highest BCUT2D eigenvalue weighted by atomic mass is 32.2. The third-order valence-corrected chi connectivity index (χ3v) is 6.37. The summed E-state index contributed by atoms with van der Waals surface area (Å²) >= 11 is 0. The number of carbonyl (C=O) groups excluding carboxylic acids is 1. The highest BCUT2D eigenvalue weighted by molar-refractivity contribution is 7.92. The molecule has 0 radical (unpaired) electrons. The molecule has 0 aliphatic carbocycles. The summed E-state index contributed by atoms with van der Waals surface area (Å²) in [5.41, 5.74) is 2.36. The van der Waals surface area contributed by atoms with E-state index in [-0.39, 0.29) is 23.0 Å². The first-order valence-electron chi connectivity index (χ1n) is 9.07. The molecule has 2 aliphatic rings. The number of nitrogens with one attached hydrogen (secondary N) is 2. The Bertz CT molecular complexity index is 973. The molecule has 2 N–H and O–H groups in total. The van der Waals surface area contributed by atoms with Gasteiger partial charge in [-0.15, -0.1) is 0 Å². The molecular formula is C19H22N4O3S. The van der Waals surface area contributed by atoms with E-state index in [1.165, 1.54) is 18.6 Å². The van der Waals surface area contributed by atoms with Gasteiger partial charge in [-0.3, -0.25) is 9.52 Å². The summed E-state index contributed by atoms with van der Waals surface area (Å²) in [6.45, 7) is 4.23. The van der Waals surface area contributed by atoms with Crippen LogP contribution in [-0.4, -0.2) is 32.4 Å². The molecule has 8 heteroatoms. The molecule has 2 aromatic rings. The smallest absolute Gasteiger partial charge is 0.263 e. The zero-order valence-electron chi connectivity index (χ0n) is 15.1. The minimum Gasteiger partial charge on any atom is -0.370 e. The van der Waals surface area contributed by atoms with Crippen LogP contribution in [-0.2, 0) is 21.2 Å². The third kappa shape index (κ3) is 3.75. The SMILES string of the molecule is CC1CCCN(c2ccc(NS(=O)(=O)c3ccc4c(c3)CC(=O)N4)nc2)C1. The van der Waals surface area contributed by atoms with Crippen molar-refractivity contribution in [3.63, 3.8) is 0 Å². The lowest BCUT2D eigenvalue weighted by atomic mass is 10.00. The molecule has 4 rings (SSSR count). The first-order chi connectivity index (χ1) is 12.9. The molecule has 142 valence electrons. The van der Waals surface area contributed by atoms with Crippen molar-refractivity contribution in [3.05, 3.63) is 42.1 Å². The van der Waals surface area contributed by atoms with E-state index in [0.29, 0.717) is 17.2 Å². The maximum Gasteiger partial charge on any atom is 0.263 e. The number of sulfonamides is 1. The molecule has 27 heavy (non-hydrogen) atoms. The number of piperidine rings is 1. The molecular weight excluding hydrogens is 364 g/mol. The predicted molar refractivity (Wildman–Crippen MR) is 104 cm³/mol. The van der Waals surface area contributed by atoms with Crippen molar-refractivity contribution in [2.75, 3.05) is 28.0 Å². The van der Waals surface area contributed by atoms with Gasteiger partial charge in [0.15, 0.2) is 0 Å². The number of rotatable bonds is 4. The molecule has 0 bridgehead atoms. The zero-order valence-corrected chi connectivity index (χ0v) is 15.9. The van der Waals surface area contributed by atoms with Gasteiger partial charge in [-0.25, -0.2) is 13.4 Å². The van der Waals surface area contributed by atoms with Gasteiger partial charge in [-0.2, -0.15) is 0 Å². The second kappa shape index (κ2) is 6.84. The first kappa shape index (κ1) is 17.8. The highest BCUT2D eigenvalue weighted by Gasteiger charge is 2.22. The monoisotopic (exact) mass is 386 g/mol. The standard InChI is InChI=1S/C19H22N4O3S/c1-13-3-2-8-23(12-13)15-4-7-18(20-11-15)22-27(25,26)16-5-6-17-14(9-16)10-19(24)21-17/h4-7,9,11,13H,2-3,8,10,12H2,1H3,(H,20,22)(H,21,24). The van der Waals surface area contributed by atoms with Crippen molar-refractivity contribution < 1.29 is 13.2 Å². The molecule has 2 aliphatic heterocycles. The van der Waals surface area contributed by atoms with E-state index >= 15 is 0 Å². The van der Waals surface area contributed by atoms with Crippen molar-refractivity contribution in [1.82, 2.24) is 4.98 Å². The lowest BCUT2D eigenvalue weighted by molar-refractivity contribution is -0.115. The minimum absolute atomic E-state index is 0.119.